The van der Waals surface area contributed by atoms with Crippen molar-refractivity contribution in [1.82, 2.24) is 20.1 Å². The Morgan fingerprint density at radius 2 is 2.31 bits per heavy atom. The Labute approximate surface area is 92.5 Å². The SMILES string of the molecule is CCC(CNC(=O)Cn1cncn1)C(=O)O. The Hall–Kier alpha value is -1.92. The summed E-state index contributed by atoms with van der Waals surface area (Å²) >= 11 is 0. The van der Waals surface area contributed by atoms with E-state index in [-0.39, 0.29) is 19.0 Å². The van der Waals surface area contributed by atoms with Gasteiger partial charge in [0.05, 0.1) is 5.92 Å². The Morgan fingerprint density at radius 3 is 2.81 bits per heavy atom. The summed E-state index contributed by atoms with van der Waals surface area (Å²) in [5, 5.41) is 15.1. The molecule has 0 aromatic carbocycles. The highest BCUT2D eigenvalue weighted by Gasteiger charge is 2.15. The minimum absolute atomic E-state index is 0.0516. The van der Waals surface area contributed by atoms with E-state index >= 15 is 0 Å². The van der Waals surface area contributed by atoms with Crippen molar-refractivity contribution in [3.63, 3.8) is 0 Å². The van der Waals surface area contributed by atoms with E-state index in [1.165, 1.54) is 17.3 Å². The van der Waals surface area contributed by atoms with Crippen LogP contribution in [0.4, 0.5) is 0 Å². The van der Waals surface area contributed by atoms with Crippen molar-refractivity contribution >= 4 is 11.9 Å². The number of carbonyl (C=O) groups is 2. The Balaban J connectivity index is 2.32. The second-order valence-electron chi connectivity index (χ2n) is 3.34. The van der Waals surface area contributed by atoms with Crippen LogP contribution >= 0.6 is 0 Å². The zero-order valence-electron chi connectivity index (χ0n) is 8.96. The maximum Gasteiger partial charge on any atom is 0.308 e. The van der Waals surface area contributed by atoms with Crippen molar-refractivity contribution < 1.29 is 14.7 Å². The second-order valence-corrected chi connectivity index (χ2v) is 3.34. The maximum absolute atomic E-state index is 11.4. The summed E-state index contributed by atoms with van der Waals surface area (Å²) in [5.74, 6) is -1.71. The Kier molecular flexibility index (Phi) is 4.43. The molecule has 1 atom stereocenters. The lowest BCUT2D eigenvalue weighted by molar-refractivity contribution is -0.141. The Bertz CT molecular complexity index is 350. The van der Waals surface area contributed by atoms with E-state index in [1.54, 1.807) is 6.92 Å². The first-order chi connectivity index (χ1) is 7.63. The average molecular weight is 226 g/mol. The standard InChI is InChI=1S/C9H14N4O3/c1-2-7(9(15)16)3-11-8(14)4-13-6-10-5-12-13/h5-7H,2-4H2,1H3,(H,11,14)(H,15,16). The highest BCUT2D eigenvalue weighted by molar-refractivity contribution is 5.77. The average Bonchev–Trinajstić information content (AvgIpc) is 2.70. The van der Waals surface area contributed by atoms with Gasteiger partial charge in [-0.05, 0) is 6.42 Å². The van der Waals surface area contributed by atoms with Gasteiger partial charge in [-0.1, -0.05) is 6.92 Å². The third kappa shape index (κ3) is 3.68. The fourth-order valence-corrected chi connectivity index (χ4v) is 1.16. The molecular formula is C9H14N4O3. The van der Waals surface area contributed by atoms with Gasteiger partial charge in [-0.3, -0.25) is 9.59 Å². The molecule has 1 unspecified atom stereocenters. The first-order valence-electron chi connectivity index (χ1n) is 4.95. The van der Waals surface area contributed by atoms with Gasteiger partial charge >= 0.3 is 5.97 Å². The van der Waals surface area contributed by atoms with Gasteiger partial charge in [-0.25, -0.2) is 9.67 Å². The number of hydrogen-bond acceptors (Lipinski definition) is 4. The van der Waals surface area contributed by atoms with Gasteiger partial charge < -0.3 is 10.4 Å². The van der Waals surface area contributed by atoms with Gasteiger partial charge in [0, 0.05) is 6.54 Å². The molecule has 1 aromatic rings. The monoisotopic (exact) mass is 226 g/mol. The molecule has 7 nitrogen and oxygen atoms in total. The number of nitrogens with zero attached hydrogens (tertiary/aromatic N) is 3. The Morgan fingerprint density at radius 1 is 1.56 bits per heavy atom. The predicted molar refractivity (Wildman–Crippen MR) is 54.4 cm³/mol. The fraction of sp³-hybridized carbons (Fsp3) is 0.556. The van der Waals surface area contributed by atoms with Crippen LogP contribution in [0.1, 0.15) is 13.3 Å². The normalized spacial score (nSPS) is 12.1. The highest BCUT2D eigenvalue weighted by atomic mass is 16.4. The lowest BCUT2D eigenvalue weighted by Gasteiger charge is -2.10. The van der Waals surface area contributed by atoms with Crippen LogP contribution in [-0.2, 0) is 16.1 Å². The van der Waals surface area contributed by atoms with Crippen molar-refractivity contribution in [3.05, 3.63) is 12.7 Å². The van der Waals surface area contributed by atoms with E-state index < -0.39 is 11.9 Å². The summed E-state index contributed by atoms with van der Waals surface area (Å²) in [6.45, 7) is 1.96. The van der Waals surface area contributed by atoms with Crippen LogP contribution < -0.4 is 5.32 Å². The molecule has 1 heterocycles. The third-order valence-corrected chi connectivity index (χ3v) is 2.16. The molecule has 1 aromatic heterocycles. The van der Waals surface area contributed by atoms with Gasteiger partial charge in [0.1, 0.15) is 19.2 Å². The zero-order chi connectivity index (χ0) is 12.0. The molecule has 1 rings (SSSR count). The number of hydrogen-bond donors (Lipinski definition) is 2. The summed E-state index contributed by atoms with van der Waals surface area (Å²) in [6, 6.07) is 0. The van der Waals surface area contributed by atoms with Crippen LogP contribution in [0.2, 0.25) is 0 Å². The maximum atomic E-state index is 11.4. The third-order valence-electron chi connectivity index (χ3n) is 2.16. The summed E-state index contributed by atoms with van der Waals surface area (Å²) in [6.07, 6.45) is 3.24. The molecule has 0 bridgehead atoms. The minimum atomic E-state index is -0.899. The first kappa shape index (κ1) is 12.2. The van der Waals surface area contributed by atoms with Gasteiger partial charge in [0.2, 0.25) is 5.91 Å². The van der Waals surface area contributed by atoms with Crippen LogP contribution in [-0.4, -0.2) is 38.3 Å². The number of rotatable bonds is 6. The van der Waals surface area contributed by atoms with Crippen LogP contribution in [0.3, 0.4) is 0 Å². The lowest BCUT2D eigenvalue weighted by atomic mass is 10.1. The number of carboxylic acids is 1. The highest BCUT2D eigenvalue weighted by Crippen LogP contribution is 2.00. The van der Waals surface area contributed by atoms with Crippen molar-refractivity contribution in [2.75, 3.05) is 6.54 Å². The molecule has 16 heavy (non-hydrogen) atoms. The molecule has 7 heteroatoms. The molecule has 0 aliphatic carbocycles. The van der Waals surface area contributed by atoms with Crippen molar-refractivity contribution in [2.24, 2.45) is 5.92 Å². The lowest BCUT2D eigenvalue weighted by Crippen LogP contribution is -2.34. The largest absolute Gasteiger partial charge is 0.481 e. The number of aliphatic carboxylic acids is 1. The van der Waals surface area contributed by atoms with E-state index in [1.807, 2.05) is 0 Å². The van der Waals surface area contributed by atoms with Gasteiger partial charge in [-0.2, -0.15) is 5.10 Å². The molecule has 88 valence electrons. The number of nitrogens with one attached hydrogen (secondary N) is 1. The number of carboxylic acid groups (broad SMARTS) is 1. The molecule has 0 aliphatic heterocycles. The summed E-state index contributed by atoms with van der Waals surface area (Å²) in [7, 11) is 0. The topological polar surface area (TPSA) is 97.1 Å². The van der Waals surface area contributed by atoms with E-state index in [2.05, 4.69) is 15.4 Å². The smallest absolute Gasteiger partial charge is 0.308 e. The van der Waals surface area contributed by atoms with Crippen molar-refractivity contribution in [1.29, 1.82) is 0 Å². The van der Waals surface area contributed by atoms with Crippen molar-refractivity contribution in [3.8, 4) is 0 Å². The van der Waals surface area contributed by atoms with Crippen LogP contribution in [0, 0.1) is 5.92 Å². The van der Waals surface area contributed by atoms with Crippen LogP contribution in [0.5, 0.6) is 0 Å². The first-order valence-corrected chi connectivity index (χ1v) is 4.95. The summed E-state index contributed by atoms with van der Waals surface area (Å²) in [4.78, 5) is 25.7. The van der Waals surface area contributed by atoms with Crippen LogP contribution in [0.25, 0.3) is 0 Å². The number of aromatic nitrogens is 3. The molecule has 0 saturated heterocycles. The zero-order valence-corrected chi connectivity index (χ0v) is 8.96. The predicted octanol–water partition coefficient (Wildman–Crippen LogP) is -0.495. The van der Waals surface area contributed by atoms with Crippen LogP contribution in [0.15, 0.2) is 12.7 Å². The van der Waals surface area contributed by atoms with Gasteiger partial charge in [0.15, 0.2) is 0 Å². The van der Waals surface area contributed by atoms with E-state index in [0.717, 1.165) is 0 Å². The fourth-order valence-electron chi connectivity index (χ4n) is 1.16. The van der Waals surface area contributed by atoms with Gasteiger partial charge in [0.25, 0.3) is 0 Å². The summed E-state index contributed by atoms with van der Waals surface area (Å²) < 4.78 is 1.37. The molecular weight excluding hydrogens is 212 g/mol. The summed E-state index contributed by atoms with van der Waals surface area (Å²) in [5.41, 5.74) is 0. The minimum Gasteiger partial charge on any atom is -0.481 e. The molecule has 0 radical (unpaired) electrons. The molecule has 1 amide bonds. The molecule has 0 saturated carbocycles. The van der Waals surface area contributed by atoms with E-state index in [9.17, 15) is 9.59 Å². The quantitative estimate of drug-likeness (QED) is 0.681. The molecule has 0 spiro atoms. The molecule has 2 N–H and O–H groups in total. The number of carbonyl (C=O) groups excluding carboxylic acids is 1. The molecule has 0 fully saturated rings. The number of amides is 1. The van der Waals surface area contributed by atoms with Crippen molar-refractivity contribution in [2.45, 2.75) is 19.9 Å². The van der Waals surface area contributed by atoms with E-state index in [4.69, 9.17) is 5.11 Å². The van der Waals surface area contributed by atoms with Gasteiger partial charge in [-0.15, -0.1) is 0 Å². The molecule has 0 aliphatic rings. The van der Waals surface area contributed by atoms with E-state index in [0.29, 0.717) is 6.42 Å². The second kappa shape index (κ2) is 5.84.